The van der Waals surface area contributed by atoms with Crippen LogP contribution in [0, 0.1) is 0 Å². The predicted molar refractivity (Wildman–Crippen MR) is 79.9 cm³/mol. The molecule has 3 aliphatic heterocycles. The Morgan fingerprint density at radius 2 is 1.67 bits per heavy atom. The van der Waals surface area contributed by atoms with Crippen LogP contribution in [0.1, 0.15) is 54.4 Å². The second-order valence-corrected chi connectivity index (χ2v) is 8.68. The van der Waals surface area contributed by atoms with Gasteiger partial charge in [0.05, 0.1) is 19.3 Å². The van der Waals surface area contributed by atoms with Crippen molar-refractivity contribution in [2.75, 3.05) is 13.2 Å². The van der Waals surface area contributed by atoms with E-state index in [1.165, 1.54) is 0 Å². The van der Waals surface area contributed by atoms with Crippen LogP contribution in [0.4, 0.5) is 0 Å². The topological polar surface area (TPSA) is 54.1 Å². The van der Waals surface area contributed by atoms with E-state index in [1.54, 1.807) is 0 Å². The minimum Gasteiger partial charge on any atom is -0.371 e. The lowest BCUT2D eigenvalue weighted by molar-refractivity contribution is -0.177. The summed E-state index contributed by atoms with van der Waals surface area (Å²) in [5, 5.41) is 3.67. The highest BCUT2D eigenvalue weighted by Crippen LogP contribution is 2.48. The van der Waals surface area contributed by atoms with E-state index >= 15 is 0 Å². The number of ether oxygens (including phenoxy) is 2. The van der Waals surface area contributed by atoms with Gasteiger partial charge in [0, 0.05) is 23.9 Å². The van der Waals surface area contributed by atoms with Gasteiger partial charge in [-0.15, -0.1) is 0 Å². The molecule has 5 heteroatoms. The SMILES string of the molecule is CC1(C)CC2(CC(C)(C)N1)OC(C)(C)C(=O)N2CC1CO1. The van der Waals surface area contributed by atoms with Crippen molar-refractivity contribution < 1.29 is 14.3 Å². The van der Waals surface area contributed by atoms with Gasteiger partial charge >= 0.3 is 0 Å². The highest BCUT2D eigenvalue weighted by molar-refractivity contribution is 5.87. The quantitative estimate of drug-likeness (QED) is 0.788. The molecule has 0 aromatic heterocycles. The van der Waals surface area contributed by atoms with Crippen molar-refractivity contribution in [3.63, 3.8) is 0 Å². The van der Waals surface area contributed by atoms with Gasteiger partial charge in [0.1, 0.15) is 11.3 Å². The van der Waals surface area contributed by atoms with Gasteiger partial charge in [0.25, 0.3) is 5.91 Å². The lowest BCUT2D eigenvalue weighted by atomic mass is 9.76. The first-order valence-electron chi connectivity index (χ1n) is 7.88. The van der Waals surface area contributed by atoms with Crippen LogP contribution in [-0.4, -0.2) is 52.5 Å². The summed E-state index contributed by atoms with van der Waals surface area (Å²) < 4.78 is 11.7. The molecule has 21 heavy (non-hydrogen) atoms. The first kappa shape index (κ1) is 15.3. The number of rotatable bonds is 2. The molecule has 3 rings (SSSR count). The minimum absolute atomic E-state index is 0.0783. The molecule has 120 valence electrons. The normalized spacial score (nSPS) is 35.2. The Morgan fingerprint density at radius 1 is 1.14 bits per heavy atom. The van der Waals surface area contributed by atoms with Crippen molar-refractivity contribution in [3.05, 3.63) is 0 Å². The predicted octanol–water partition coefficient (Wildman–Crippen LogP) is 1.66. The van der Waals surface area contributed by atoms with E-state index in [4.69, 9.17) is 9.47 Å². The number of piperidine rings is 1. The maximum Gasteiger partial charge on any atom is 0.256 e. The summed E-state index contributed by atoms with van der Waals surface area (Å²) in [6.07, 6.45) is 1.78. The number of epoxide rings is 1. The Hall–Kier alpha value is -0.650. The average Bonchev–Trinajstić information content (AvgIpc) is 2.99. The molecule has 0 bridgehead atoms. The molecule has 1 unspecified atom stereocenters. The zero-order valence-corrected chi connectivity index (χ0v) is 14.1. The summed E-state index contributed by atoms with van der Waals surface area (Å²) in [7, 11) is 0. The fraction of sp³-hybridized carbons (Fsp3) is 0.938. The fourth-order valence-corrected chi connectivity index (χ4v) is 4.42. The Morgan fingerprint density at radius 3 is 2.14 bits per heavy atom. The van der Waals surface area contributed by atoms with E-state index in [0.29, 0.717) is 6.54 Å². The van der Waals surface area contributed by atoms with E-state index in [-0.39, 0.29) is 23.1 Å². The molecule has 0 saturated carbocycles. The van der Waals surface area contributed by atoms with Gasteiger partial charge < -0.3 is 19.7 Å². The lowest BCUT2D eigenvalue weighted by Crippen LogP contribution is -2.67. The maximum absolute atomic E-state index is 12.8. The number of hydrogen-bond acceptors (Lipinski definition) is 4. The molecule has 3 aliphatic rings. The molecule has 0 aliphatic carbocycles. The third-order valence-electron chi connectivity index (χ3n) is 4.60. The average molecular weight is 296 g/mol. The Balaban J connectivity index is 1.97. The van der Waals surface area contributed by atoms with Crippen molar-refractivity contribution in [2.45, 2.75) is 82.9 Å². The minimum atomic E-state index is -0.752. The molecular formula is C16H28N2O3. The summed E-state index contributed by atoms with van der Waals surface area (Å²) in [5.74, 6) is 0.0894. The number of amides is 1. The van der Waals surface area contributed by atoms with Crippen LogP contribution in [0.5, 0.6) is 0 Å². The van der Waals surface area contributed by atoms with Gasteiger partial charge in [-0.1, -0.05) is 0 Å². The Labute approximate surface area is 127 Å². The molecule has 3 saturated heterocycles. The summed E-state index contributed by atoms with van der Waals surface area (Å²) in [6, 6.07) is 0. The largest absolute Gasteiger partial charge is 0.371 e. The number of carbonyl (C=O) groups is 1. The molecule has 3 heterocycles. The van der Waals surface area contributed by atoms with Crippen molar-refractivity contribution in [1.29, 1.82) is 0 Å². The standard InChI is InChI=1S/C16H28N2O3/c1-13(2)9-16(10-14(3,4)17-13)18(7-11-8-20-11)12(19)15(5,6)21-16/h11,17H,7-10H2,1-6H3. The van der Waals surface area contributed by atoms with E-state index in [9.17, 15) is 4.79 Å². The number of nitrogens with zero attached hydrogens (tertiary/aromatic N) is 1. The summed E-state index contributed by atoms with van der Waals surface area (Å²) in [6.45, 7) is 13.9. The van der Waals surface area contributed by atoms with Gasteiger partial charge in [-0.25, -0.2) is 0 Å². The van der Waals surface area contributed by atoms with Crippen LogP contribution < -0.4 is 5.32 Å². The second-order valence-electron chi connectivity index (χ2n) is 8.68. The summed E-state index contributed by atoms with van der Waals surface area (Å²) in [4.78, 5) is 14.8. The van der Waals surface area contributed by atoms with Crippen molar-refractivity contribution in [2.24, 2.45) is 0 Å². The molecule has 1 spiro atoms. The van der Waals surface area contributed by atoms with E-state index < -0.39 is 11.3 Å². The maximum atomic E-state index is 12.8. The molecule has 0 radical (unpaired) electrons. The van der Waals surface area contributed by atoms with Gasteiger partial charge in [-0.05, 0) is 41.5 Å². The second kappa shape index (κ2) is 4.21. The van der Waals surface area contributed by atoms with E-state index in [2.05, 4.69) is 33.0 Å². The third kappa shape index (κ3) is 2.71. The fourth-order valence-electron chi connectivity index (χ4n) is 4.42. The summed E-state index contributed by atoms with van der Waals surface area (Å²) in [5.41, 5.74) is -1.43. The van der Waals surface area contributed by atoms with Crippen molar-refractivity contribution in [1.82, 2.24) is 10.2 Å². The van der Waals surface area contributed by atoms with E-state index in [0.717, 1.165) is 19.4 Å². The molecule has 1 amide bonds. The van der Waals surface area contributed by atoms with E-state index in [1.807, 2.05) is 18.7 Å². The molecule has 3 fully saturated rings. The molecule has 5 nitrogen and oxygen atoms in total. The van der Waals surface area contributed by atoms with Gasteiger partial charge in [-0.3, -0.25) is 4.79 Å². The highest BCUT2D eigenvalue weighted by Gasteiger charge is 2.62. The molecule has 0 aromatic carbocycles. The zero-order valence-electron chi connectivity index (χ0n) is 14.1. The van der Waals surface area contributed by atoms with Crippen molar-refractivity contribution in [3.8, 4) is 0 Å². The first-order valence-corrected chi connectivity index (χ1v) is 7.88. The monoisotopic (exact) mass is 296 g/mol. The van der Waals surface area contributed by atoms with Crippen LogP contribution >= 0.6 is 0 Å². The van der Waals surface area contributed by atoms with Crippen molar-refractivity contribution >= 4 is 5.91 Å². The van der Waals surface area contributed by atoms with Gasteiger partial charge in [-0.2, -0.15) is 0 Å². The number of carbonyl (C=O) groups excluding carboxylic acids is 1. The lowest BCUT2D eigenvalue weighted by Gasteiger charge is -2.53. The van der Waals surface area contributed by atoms with Crippen LogP contribution in [-0.2, 0) is 14.3 Å². The smallest absolute Gasteiger partial charge is 0.256 e. The third-order valence-corrected chi connectivity index (χ3v) is 4.60. The van der Waals surface area contributed by atoms with Crippen LogP contribution in [0.2, 0.25) is 0 Å². The molecule has 1 atom stereocenters. The zero-order chi connectivity index (χ0) is 15.7. The molecule has 0 aromatic rings. The van der Waals surface area contributed by atoms with Gasteiger partial charge in [0.15, 0.2) is 0 Å². The Kier molecular flexibility index (Phi) is 3.06. The molecule has 1 N–H and O–H groups in total. The van der Waals surface area contributed by atoms with Crippen LogP contribution in [0.3, 0.4) is 0 Å². The number of hydrogen-bond donors (Lipinski definition) is 1. The first-order chi connectivity index (χ1) is 9.45. The van der Waals surface area contributed by atoms with Crippen LogP contribution in [0.15, 0.2) is 0 Å². The Bertz CT molecular complexity index is 450. The molecular weight excluding hydrogens is 268 g/mol. The van der Waals surface area contributed by atoms with Gasteiger partial charge in [0.2, 0.25) is 0 Å². The summed E-state index contributed by atoms with van der Waals surface area (Å²) >= 11 is 0. The highest BCUT2D eigenvalue weighted by atomic mass is 16.6. The van der Waals surface area contributed by atoms with Crippen LogP contribution in [0.25, 0.3) is 0 Å². The number of nitrogens with one attached hydrogen (secondary N) is 1.